The van der Waals surface area contributed by atoms with Crippen LogP contribution in [0.15, 0.2) is 48.8 Å². The number of hydrogen-bond donors (Lipinski definition) is 1. The summed E-state index contributed by atoms with van der Waals surface area (Å²) >= 11 is 6.07. The summed E-state index contributed by atoms with van der Waals surface area (Å²) in [7, 11) is 0. The standard InChI is InChI=1S/C21H19ClFN5O2/c22-16-3-1-2-4-17(16)26-19(29)13-27-7-9-28(10-8-27)21(30)15-11-14(23)12-18-20(15)25-6-5-24-18/h1-6,11-12H,7-10,13H2,(H,26,29). The van der Waals surface area contributed by atoms with Gasteiger partial charge in [-0.3, -0.25) is 24.5 Å². The van der Waals surface area contributed by atoms with Crippen molar-refractivity contribution < 1.29 is 14.0 Å². The molecule has 154 valence electrons. The van der Waals surface area contributed by atoms with E-state index in [1.54, 1.807) is 29.2 Å². The topological polar surface area (TPSA) is 78.4 Å². The number of halogens is 2. The largest absolute Gasteiger partial charge is 0.336 e. The first-order chi connectivity index (χ1) is 14.5. The van der Waals surface area contributed by atoms with Crippen molar-refractivity contribution in [2.45, 2.75) is 0 Å². The summed E-state index contributed by atoms with van der Waals surface area (Å²) in [4.78, 5) is 37.1. The lowest BCUT2D eigenvalue weighted by atomic mass is 10.1. The van der Waals surface area contributed by atoms with E-state index in [4.69, 9.17) is 11.6 Å². The molecule has 9 heteroatoms. The van der Waals surface area contributed by atoms with Gasteiger partial charge in [-0.1, -0.05) is 23.7 Å². The smallest absolute Gasteiger partial charge is 0.256 e. The van der Waals surface area contributed by atoms with Gasteiger partial charge in [0.25, 0.3) is 5.91 Å². The number of amides is 2. The van der Waals surface area contributed by atoms with Gasteiger partial charge in [0.2, 0.25) is 5.91 Å². The Morgan fingerprint density at radius 3 is 2.57 bits per heavy atom. The van der Waals surface area contributed by atoms with Crippen molar-refractivity contribution in [1.82, 2.24) is 19.8 Å². The van der Waals surface area contributed by atoms with Crippen molar-refractivity contribution >= 4 is 40.1 Å². The Kier molecular flexibility index (Phi) is 5.87. The third-order valence-electron chi connectivity index (χ3n) is 4.94. The van der Waals surface area contributed by atoms with Gasteiger partial charge in [-0.2, -0.15) is 0 Å². The zero-order valence-electron chi connectivity index (χ0n) is 16.0. The summed E-state index contributed by atoms with van der Waals surface area (Å²) in [6.07, 6.45) is 2.94. The Bertz CT molecular complexity index is 1100. The first-order valence-corrected chi connectivity index (χ1v) is 9.85. The molecule has 0 aliphatic carbocycles. The molecule has 2 amide bonds. The van der Waals surface area contributed by atoms with Crippen LogP contribution in [0.25, 0.3) is 11.0 Å². The zero-order valence-corrected chi connectivity index (χ0v) is 16.8. The van der Waals surface area contributed by atoms with Crippen LogP contribution in [0.5, 0.6) is 0 Å². The van der Waals surface area contributed by atoms with Crippen molar-refractivity contribution in [3.63, 3.8) is 0 Å². The molecule has 0 bridgehead atoms. The lowest BCUT2D eigenvalue weighted by molar-refractivity contribution is -0.117. The quantitative estimate of drug-likeness (QED) is 0.692. The predicted octanol–water partition coefficient (Wildman–Crippen LogP) is 2.82. The molecule has 1 N–H and O–H groups in total. The van der Waals surface area contributed by atoms with Crippen LogP contribution in [0.3, 0.4) is 0 Å². The van der Waals surface area contributed by atoms with Crippen molar-refractivity contribution in [3.8, 4) is 0 Å². The average molecular weight is 428 g/mol. The normalized spacial score (nSPS) is 14.7. The van der Waals surface area contributed by atoms with Gasteiger partial charge in [0.15, 0.2) is 0 Å². The number of rotatable bonds is 4. The zero-order chi connectivity index (χ0) is 21.1. The van der Waals surface area contributed by atoms with Gasteiger partial charge in [0.1, 0.15) is 11.3 Å². The lowest BCUT2D eigenvalue weighted by Gasteiger charge is -2.34. The van der Waals surface area contributed by atoms with Gasteiger partial charge in [-0.25, -0.2) is 4.39 Å². The van der Waals surface area contributed by atoms with Crippen LogP contribution in [0, 0.1) is 5.82 Å². The molecule has 1 aromatic heterocycles. The number of fused-ring (bicyclic) bond motifs is 1. The summed E-state index contributed by atoms with van der Waals surface area (Å²) in [6.45, 7) is 2.11. The van der Waals surface area contributed by atoms with Crippen LogP contribution in [-0.4, -0.2) is 64.3 Å². The molecular weight excluding hydrogens is 409 g/mol. The first kappa shape index (κ1) is 20.2. The highest BCUT2D eigenvalue weighted by atomic mass is 35.5. The van der Waals surface area contributed by atoms with E-state index >= 15 is 0 Å². The third kappa shape index (κ3) is 4.39. The summed E-state index contributed by atoms with van der Waals surface area (Å²) < 4.78 is 13.9. The summed E-state index contributed by atoms with van der Waals surface area (Å²) in [6, 6.07) is 9.50. The molecule has 0 atom stereocenters. The maximum atomic E-state index is 13.9. The second-order valence-corrected chi connectivity index (χ2v) is 7.38. The van der Waals surface area contributed by atoms with Gasteiger partial charge in [0, 0.05) is 44.6 Å². The number of benzene rings is 2. The molecule has 1 aliphatic heterocycles. The summed E-state index contributed by atoms with van der Waals surface area (Å²) in [5, 5.41) is 3.27. The van der Waals surface area contributed by atoms with Crippen molar-refractivity contribution in [1.29, 1.82) is 0 Å². The van der Waals surface area contributed by atoms with Crippen LogP contribution in [0.1, 0.15) is 10.4 Å². The highest BCUT2D eigenvalue weighted by molar-refractivity contribution is 6.33. The van der Waals surface area contributed by atoms with Gasteiger partial charge < -0.3 is 10.2 Å². The molecule has 1 aliphatic rings. The fraction of sp³-hybridized carbons (Fsp3) is 0.238. The second kappa shape index (κ2) is 8.73. The van der Waals surface area contributed by atoms with Crippen molar-refractivity contribution in [2.24, 2.45) is 0 Å². The fourth-order valence-corrected chi connectivity index (χ4v) is 3.62. The Balaban J connectivity index is 1.37. The van der Waals surface area contributed by atoms with Crippen LogP contribution in [0.4, 0.5) is 10.1 Å². The Morgan fingerprint density at radius 2 is 1.80 bits per heavy atom. The van der Waals surface area contributed by atoms with Crippen molar-refractivity contribution in [3.05, 3.63) is 65.2 Å². The number of carbonyl (C=O) groups is 2. The molecule has 0 saturated carbocycles. The molecule has 3 aromatic rings. The molecule has 1 saturated heterocycles. The van der Waals surface area contributed by atoms with Gasteiger partial charge in [-0.05, 0) is 18.2 Å². The molecule has 7 nitrogen and oxygen atoms in total. The minimum Gasteiger partial charge on any atom is -0.336 e. The molecule has 0 spiro atoms. The molecule has 1 fully saturated rings. The second-order valence-electron chi connectivity index (χ2n) is 6.97. The van der Waals surface area contributed by atoms with E-state index in [0.717, 1.165) is 0 Å². The highest BCUT2D eigenvalue weighted by Crippen LogP contribution is 2.21. The molecular formula is C21H19ClFN5O2. The maximum absolute atomic E-state index is 13.9. The number of aromatic nitrogens is 2. The fourth-order valence-electron chi connectivity index (χ4n) is 3.44. The van der Waals surface area contributed by atoms with Crippen molar-refractivity contribution in [2.75, 3.05) is 38.0 Å². The highest BCUT2D eigenvalue weighted by Gasteiger charge is 2.25. The number of piperazine rings is 1. The number of para-hydroxylation sites is 1. The van der Waals surface area contributed by atoms with Gasteiger partial charge in [0.05, 0.1) is 28.3 Å². The van der Waals surface area contributed by atoms with Gasteiger partial charge >= 0.3 is 0 Å². The molecule has 2 aromatic carbocycles. The van der Waals surface area contributed by atoms with Crippen LogP contribution >= 0.6 is 11.6 Å². The van der Waals surface area contributed by atoms with E-state index in [2.05, 4.69) is 15.3 Å². The van der Waals surface area contributed by atoms with Crippen LogP contribution in [-0.2, 0) is 4.79 Å². The maximum Gasteiger partial charge on any atom is 0.256 e. The van der Waals surface area contributed by atoms with E-state index in [1.165, 1.54) is 24.5 Å². The number of nitrogens with one attached hydrogen (secondary N) is 1. The Hall–Kier alpha value is -3.10. The molecule has 30 heavy (non-hydrogen) atoms. The SMILES string of the molecule is O=C(CN1CCN(C(=O)c2cc(F)cc3nccnc23)CC1)Nc1ccccc1Cl. The molecule has 0 radical (unpaired) electrons. The summed E-state index contributed by atoms with van der Waals surface area (Å²) in [5.74, 6) is -0.990. The molecule has 0 unspecified atom stereocenters. The number of anilines is 1. The van der Waals surface area contributed by atoms with Crippen LogP contribution < -0.4 is 5.32 Å². The number of carbonyl (C=O) groups excluding carboxylic acids is 2. The Morgan fingerprint density at radius 1 is 1.07 bits per heavy atom. The summed E-state index contributed by atoms with van der Waals surface area (Å²) in [5.41, 5.74) is 1.49. The van der Waals surface area contributed by atoms with Gasteiger partial charge in [-0.15, -0.1) is 0 Å². The minimum absolute atomic E-state index is 0.172. The lowest BCUT2D eigenvalue weighted by Crippen LogP contribution is -2.50. The van der Waals surface area contributed by atoms with E-state index in [9.17, 15) is 14.0 Å². The van der Waals surface area contributed by atoms with E-state index < -0.39 is 5.82 Å². The monoisotopic (exact) mass is 427 g/mol. The van der Waals surface area contributed by atoms with Crippen LogP contribution in [0.2, 0.25) is 5.02 Å². The number of nitrogens with zero attached hydrogens (tertiary/aromatic N) is 4. The van der Waals surface area contributed by atoms with E-state index in [0.29, 0.717) is 47.9 Å². The van der Waals surface area contributed by atoms with E-state index in [1.807, 2.05) is 4.90 Å². The molecule has 2 heterocycles. The first-order valence-electron chi connectivity index (χ1n) is 9.47. The van der Waals surface area contributed by atoms with E-state index in [-0.39, 0.29) is 23.9 Å². The average Bonchev–Trinajstić information content (AvgIpc) is 2.75. The number of hydrogen-bond acceptors (Lipinski definition) is 5. The molecule has 4 rings (SSSR count). The minimum atomic E-state index is -0.527. The third-order valence-corrected chi connectivity index (χ3v) is 5.27. The predicted molar refractivity (Wildman–Crippen MR) is 112 cm³/mol. The Labute approximate surface area is 177 Å².